The number of carbonyl (C=O) groups is 2. The van der Waals surface area contributed by atoms with Crippen molar-refractivity contribution in [1.29, 1.82) is 0 Å². The smallest absolute Gasteiger partial charge is 0.243 e. The summed E-state index contributed by atoms with van der Waals surface area (Å²) in [5.41, 5.74) is 2.38. The summed E-state index contributed by atoms with van der Waals surface area (Å²) in [5, 5.41) is 2.84. The summed E-state index contributed by atoms with van der Waals surface area (Å²) in [6.45, 7) is 1.40. The van der Waals surface area contributed by atoms with E-state index < -0.39 is 10.0 Å². The van der Waals surface area contributed by atoms with Crippen LogP contribution < -0.4 is 10.2 Å². The summed E-state index contributed by atoms with van der Waals surface area (Å²) >= 11 is 0. The first kappa shape index (κ1) is 21.5. The van der Waals surface area contributed by atoms with Crippen molar-refractivity contribution in [3.8, 4) is 0 Å². The lowest BCUT2D eigenvalue weighted by molar-refractivity contribution is -0.124. The van der Waals surface area contributed by atoms with E-state index in [0.717, 1.165) is 30.4 Å². The van der Waals surface area contributed by atoms with E-state index in [-0.39, 0.29) is 29.7 Å². The first-order valence-electron chi connectivity index (χ1n) is 10.7. The molecular formula is C23H27N3O4S. The van der Waals surface area contributed by atoms with Crippen molar-refractivity contribution in [2.75, 3.05) is 24.5 Å². The number of rotatable bonds is 6. The molecule has 2 aliphatic heterocycles. The third-order valence-electron chi connectivity index (χ3n) is 5.84. The first-order valence-corrected chi connectivity index (χ1v) is 12.1. The molecule has 2 aromatic carbocycles. The molecule has 164 valence electrons. The lowest BCUT2D eigenvalue weighted by atomic mass is 10.0. The number of aryl methyl sites for hydroxylation is 1. The number of nitrogens with zero attached hydrogens (tertiary/aromatic N) is 2. The molecule has 31 heavy (non-hydrogen) atoms. The van der Waals surface area contributed by atoms with Crippen LogP contribution in [0.25, 0.3) is 0 Å². The molecule has 0 radical (unpaired) electrons. The van der Waals surface area contributed by atoms with Crippen LogP contribution >= 0.6 is 0 Å². The predicted octanol–water partition coefficient (Wildman–Crippen LogP) is 2.46. The van der Waals surface area contributed by atoms with Crippen LogP contribution in [0.15, 0.2) is 53.4 Å². The highest BCUT2D eigenvalue weighted by Crippen LogP contribution is 2.31. The fourth-order valence-electron chi connectivity index (χ4n) is 4.12. The fourth-order valence-corrected chi connectivity index (χ4v) is 5.69. The van der Waals surface area contributed by atoms with Crippen LogP contribution in [0, 0.1) is 0 Å². The summed E-state index contributed by atoms with van der Waals surface area (Å²) in [7, 11) is -3.54. The Labute approximate surface area is 183 Å². The Hall–Kier alpha value is -2.71. The minimum absolute atomic E-state index is 0.0864. The van der Waals surface area contributed by atoms with Crippen LogP contribution in [-0.2, 0) is 32.6 Å². The third-order valence-corrected chi connectivity index (χ3v) is 7.73. The molecule has 4 rings (SSSR count). The van der Waals surface area contributed by atoms with Gasteiger partial charge < -0.3 is 10.2 Å². The SMILES string of the molecule is O=C(CN1C(=O)CCc2cc(S(=O)(=O)N3CCCCC3)ccc21)NCc1ccccc1. The Morgan fingerprint density at radius 2 is 1.71 bits per heavy atom. The molecule has 0 unspecified atom stereocenters. The van der Waals surface area contributed by atoms with Crippen molar-refractivity contribution in [2.24, 2.45) is 0 Å². The van der Waals surface area contributed by atoms with Gasteiger partial charge in [-0.3, -0.25) is 9.59 Å². The molecule has 2 aliphatic rings. The number of fused-ring (bicyclic) bond motifs is 1. The highest BCUT2D eigenvalue weighted by Gasteiger charge is 2.30. The fraction of sp³-hybridized carbons (Fsp3) is 0.391. The maximum Gasteiger partial charge on any atom is 0.243 e. The van der Waals surface area contributed by atoms with Gasteiger partial charge in [0.25, 0.3) is 0 Å². The van der Waals surface area contributed by atoms with Crippen LogP contribution in [0.2, 0.25) is 0 Å². The van der Waals surface area contributed by atoms with Gasteiger partial charge in [-0.1, -0.05) is 36.8 Å². The Kier molecular flexibility index (Phi) is 6.38. The monoisotopic (exact) mass is 441 g/mol. The summed E-state index contributed by atoms with van der Waals surface area (Å²) < 4.78 is 27.5. The normalized spacial score (nSPS) is 17.3. The van der Waals surface area contributed by atoms with E-state index in [1.165, 1.54) is 4.90 Å². The second-order valence-corrected chi connectivity index (χ2v) is 9.94. The van der Waals surface area contributed by atoms with Crippen molar-refractivity contribution in [1.82, 2.24) is 9.62 Å². The summed E-state index contributed by atoms with van der Waals surface area (Å²) in [6.07, 6.45) is 3.54. The predicted molar refractivity (Wildman–Crippen MR) is 118 cm³/mol. The summed E-state index contributed by atoms with van der Waals surface area (Å²) in [5.74, 6) is -0.385. The highest BCUT2D eigenvalue weighted by molar-refractivity contribution is 7.89. The topological polar surface area (TPSA) is 86.8 Å². The zero-order valence-corrected chi connectivity index (χ0v) is 18.2. The second-order valence-electron chi connectivity index (χ2n) is 8.00. The van der Waals surface area contributed by atoms with Gasteiger partial charge in [0, 0.05) is 31.7 Å². The molecule has 7 nitrogen and oxygen atoms in total. The van der Waals surface area contributed by atoms with E-state index in [4.69, 9.17) is 0 Å². The number of hydrogen-bond acceptors (Lipinski definition) is 4. The van der Waals surface area contributed by atoms with E-state index in [1.54, 1.807) is 22.5 Å². The van der Waals surface area contributed by atoms with Gasteiger partial charge in [-0.2, -0.15) is 4.31 Å². The molecule has 1 fully saturated rings. The van der Waals surface area contributed by atoms with E-state index in [0.29, 0.717) is 31.7 Å². The third kappa shape index (κ3) is 4.80. The van der Waals surface area contributed by atoms with Crippen LogP contribution in [-0.4, -0.2) is 44.2 Å². The standard InChI is InChI=1S/C23H27N3O4S/c27-22(24-16-18-7-3-1-4-8-18)17-26-21-11-10-20(15-19(21)9-12-23(26)28)31(29,30)25-13-5-2-6-14-25/h1,3-4,7-8,10-11,15H,2,5-6,9,12-14,16-17H2,(H,24,27). The van der Waals surface area contributed by atoms with Gasteiger partial charge >= 0.3 is 0 Å². The average molecular weight is 442 g/mol. The van der Waals surface area contributed by atoms with Crippen molar-refractivity contribution >= 4 is 27.5 Å². The highest BCUT2D eigenvalue weighted by atomic mass is 32.2. The Morgan fingerprint density at radius 1 is 0.968 bits per heavy atom. The van der Waals surface area contributed by atoms with Crippen LogP contribution in [0.5, 0.6) is 0 Å². The number of benzene rings is 2. The zero-order chi connectivity index (χ0) is 21.8. The van der Waals surface area contributed by atoms with Gasteiger partial charge in [0.1, 0.15) is 6.54 Å². The quantitative estimate of drug-likeness (QED) is 0.746. The zero-order valence-electron chi connectivity index (χ0n) is 17.4. The summed E-state index contributed by atoms with van der Waals surface area (Å²) in [6, 6.07) is 14.4. The lowest BCUT2D eigenvalue weighted by Crippen LogP contribution is -2.43. The van der Waals surface area contributed by atoms with Gasteiger partial charge in [0.15, 0.2) is 0 Å². The molecule has 0 saturated carbocycles. The molecule has 0 spiro atoms. The number of piperidine rings is 1. The van der Waals surface area contributed by atoms with E-state index in [2.05, 4.69) is 5.32 Å². The molecule has 0 aromatic heterocycles. The van der Waals surface area contributed by atoms with Crippen LogP contribution in [0.3, 0.4) is 0 Å². The molecule has 8 heteroatoms. The molecule has 2 heterocycles. The van der Waals surface area contributed by atoms with Crippen LogP contribution in [0.1, 0.15) is 36.8 Å². The largest absolute Gasteiger partial charge is 0.350 e. The van der Waals surface area contributed by atoms with Gasteiger partial charge in [-0.15, -0.1) is 0 Å². The van der Waals surface area contributed by atoms with E-state index in [9.17, 15) is 18.0 Å². The molecule has 0 bridgehead atoms. The minimum atomic E-state index is -3.54. The summed E-state index contributed by atoms with van der Waals surface area (Å²) in [4.78, 5) is 26.7. The Bertz CT molecular complexity index is 1060. The molecular weight excluding hydrogens is 414 g/mol. The van der Waals surface area contributed by atoms with Crippen molar-refractivity contribution in [3.05, 3.63) is 59.7 Å². The van der Waals surface area contributed by atoms with Crippen LogP contribution in [0.4, 0.5) is 5.69 Å². The molecule has 1 N–H and O–H groups in total. The molecule has 0 aliphatic carbocycles. The average Bonchev–Trinajstić information content (AvgIpc) is 2.80. The second kappa shape index (κ2) is 9.20. The molecule has 1 saturated heterocycles. The van der Waals surface area contributed by atoms with Gasteiger partial charge in [0.05, 0.1) is 4.90 Å². The maximum atomic E-state index is 13.0. The van der Waals surface area contributed by atoms with Crippen molar-refractivity contribution in [2.45, 2.75) is 43.5 Å². The molecule has 2 aromatic rings. The maximum absolute atomic E-state index is 13.0. The number of carbonyl (C=O) groups excluding carboxylic acids is 2. The van der Waals surface area contributed by atoms with E-state index in [1.807, 2.05) is 30.3 Å². The van der Waals surface area contributed by atoms with Gasteiger partial charge in [-0.05, 0) is 48.6 Å². The Balaban J connectivity index is 1.49. The number of hydrogen-bond donors (Lipinski definition) is 1. The Morgan fingerprint density at radius 3 is 2.45 bits per heavy atom. The first-order chi connectivity index (χ1) is 14.9. The van der Waals surface area contributed by atoms with Crippen molar-refractivity contribution in [3.63, 3.8) is 0 Å². The van der Waals surface area contributed by atoms with Gasteiger partial charge in [-0.25, -0.2) is 8.42 Å². The minimum Gasteiger partial charge on any atom is -0.350 e. The number of anilines is 1. The van der Waals surface area contributed by atoms with Gasteiger partial charge in [0.2, 0.25) is 21.8 Å². The molecule has 2 amide bonds. The number of amides is 2. The number of sulfonamides is 1. The lowest BCUT2D eigenvalue weighted by Gasteiger charge is -2.30. The molecule has 0 atom stereocenters. The van der Waals surface area contributed by atoms with E-state index >= 15 is 0 Å². The van der Waals surface area contributed by atoms with Crippen molar-refractivity contribution < 1.29 is 18.0 Å². The number of nitrogens with one attached hydrogen (secondary N) is 1.